The van der Waals surface area contributed by atoms with Gasteiger partial charge in [0.05, 0.1) is 16.7 Å². The predicted molar refractivity (Wildman–Crippen MR) is 281 cm³/mol. The van der Waals surface area contributed by atoms with E-state index in [4.69, 9.17) is 19.4 Å². The highest BCUT2D eigenvalue weighted by Crippen LogP contribution is 2.44. The van der Waals surface area contributed by atoms with Crippen molar-refractivity contribution in [3.8, 4) is 62.1 Å². The number of fused-ring (bicyclic) bond motifs is 9. The molecule has 0 fully saturated rings. The quantitative estimate of drug-likeness (QED) is 0.167. The third-order valence-corrected chi connectivity index (χ3v) is 13.6. The maximum absolute atomic E-state index is 6.57. The van der Waals surface area contributed by atoms with Crippen LogP contribution in [0.5, 0.6) is 0 Å². The average molecular weight is 867 g/mol. The van der Waals surface area contributed by atoms with Gasteiger partial charge in [-0.1, -0.05) is 176 Å². The Morgan fingerprint density at radius 3 is 1.59 bits per heavy atom. The molecule has 0 bridgehead atoms. The Hall–Kier alpha value is -9.19. The van der Waals surface area contributed by atoms with E-state index < -0.39 is 0 Å². The number of benzene rings is 11. The molecule has 0 atom stereocenters. The van der Waals surface area contributed by atoms with Crippen LogP contribution in [0.4, 0.5) is 0 Å². The van der Waals surface area contributed by atoms with Gasteiger partial charge in [0.15, 0.2) is 17.5 Å². The van der Waals surface area contributed by atoms with Crippen LogP contribution in [0.15, 0.2) is 235 Å². The van der Waals surface area contributed by atoms with Crippen LogP contribution in [0.3, 0.4) is 0 Å². The van der Waals surface area contributed by atoms with Crippen molar-refractivity contribution in [2.45, 2.75) is 0 Å². The minimum Gasteiger partial charge on any atom is -0.456 e. The molecule has 0 unspecified atom stereocenters. The van der Waals surface area contributed by atoms with Crippen LogP contribution in [0.25, 0.3) is 138 Å². The van der Waals surface area contributed by atoms with Crippen molar-refractivity contribution in [1.29, 1.82) is 0 Å². The van der Waals surface area contributed by atoms with Gasteiger partial charge in [0.2, 0.25) is 0 Å². The summed E-state index contributed by atoms with van der Waals surface area (Å²) in [5.41, 5.74) is 12.1. The van der Waals surface area contributed by atoms with Crippen LogP contribution in [-0.4, -0.2) is 19.5 Å². The number of rotatable bonds is 6. The molecule has 5 nitrogen and oxygen atoms in total. The van der Waals surface area contributed by atoms with Crippen molar-refractivity contribution in [3.05, 3.63) is 231 Å². The molecule has 14 aromatic rings. The minimum absolute atomic E-state index is 0.586. The summed E-state index contributed by atoms with van der Waals surface area (Å²) in [5.74, 6) is 1.82. The highest BCUT2D eigenvalue weighted by molar-refractivity contribution is 6.19. The first-order valence-electron chi connectivity index (χ1n) is 23.0. The van der Waals surface area contributed by atoms with Crippen LogP contribution in [0.1, 0.15) is 0 Å². The third-order valence-electron chi connectivity index (χ3n) is 13.6. The average Bonchev–Trinajstić information content (AvgIpc) is 3.94. The fraction of sp³-hybridized carbons (Fsp3) is 0. The molecule has 0 aliphatic rings. The second-order valence-electron chi connectivity index (χ2n) is 17.5. The lowest BCUT2D eigenvalue weighted by Gasteiger charge is -2.17. The lowest BCUT2D eigenvalue weighted by Crippen LogP contribution is -2.02. The molecule has 0 aliphatic heterocycles. The Balaban J connectivity index is 1.07. The van der Waals surface area contributed by atoms with E-state index in [9.17, 15) is 0 Å². The molecular formula is C63H38N4O. The molecule has 0 saturated heterocycles. The molecule has 3 heterocycles. The van der Waals surface area contributed by atoms with Crippen molar-refractivity contribution >= 4 is 76.1 Å². The zero-order chi connectivity index (χ0) is 44.7. The lowest BCUT2D eigenvalue weighted by atomic mass is 9.98. The van der Waals surface area contributed by atoms with Gasteiger partial charge in [-0.2, -0.15) is 0 Å². The molecule has 0 amide bonds. The maximum Gasteiger partial charge on any atom is 0.164 e. The Bertz CT molecular complexity index is 4230. The van der Waals surface area contributed by atoms with E-state index >= 15 is 0 Å². The van der Waals surface area contributed by atoms with Crippen molar-refractivity contribution < 1.29 is 4.42 Å². The number of nitrogens with zero attached hydrogens (tertiary/aromatic N) is 4. The minimum atomic E-state index is 0.586. The zero-order valence-electron chi connectivity index (χ0n) is 36.6. The number of para-hydroxylation sites is 1. The van der Waals surface area contributed by atoms with Crippen LogP contribution < -0.4 is 0 Å². The zero-order valence-corrected chi connectivity index (χ0v) is 36.6. The normalized spacial score (nSPS) is 11.8. The third kappa shape index (κ3) is 6.06. The highest BCUT2D eigenvalue weighted by Gasteiger charge is 2.22. The number of hydrogen-bond donors (Lipinski definition) is 0. The molecule has 3 aromatic heterocycles. The van der Waals surface area contributed by atoms with Gasteiger partial charge in [0.1, 0.15) is 11.2 Å². The largest absolute Gasteiger partial charge is 0.456 e. The summed E-state index contributed by atoms with van der Waals surface area (Å²) in [5, 5.41) is 11.4. The van der Waals surface area contributed by atoms with Crippen molar-refractivity contribution in [1.82, 2.24) is 19.5 Å². The van der Waals surface area contributed by atoms with Gasteiger partial charge in [-0.25, -0.2) is 15.0 Å². The second-order valence-corrected chi connectivity index (χ2v) is 17.5. The maximum atomic E-state index is 6.57. The first kappa shape index (κ1) is 38.1. The van der Waals surface area contributed by atoms with Crippen LogP contribution >= 0.6 is 0 Å². The van der Waals surface area contributed by atoms with Crippen LogP contribution in [-0.2, 0) is 0 Å². The highest BCUT2D eigenvalue weighted by atomic mass is 16.3. The van der Waals surface area contributed by atoms with Gasteiger partial charge < -0.3 is 8.98 Å². The first-order valence-corrected chi connectivity index (χ1v) is 23.0. The summed E-state index contributed by atoms with van der Waals surface area (Å²) < 4.78 is 9.02. The van der Waals surface area contributed by atoms with Crippen molar-refractivity contribution in [2.24, 2.45) is 0 Å². The molecule has 11 aromatic carbocycles. The van der Waals surface area contributed by atoms with E-state index in [1.165, 1.54) is 32.7 Å². The van der Waals surface area contributed by atoms with E-state index in [0.29, 0.717) is 17.5 Å². The summed E-state index contributed by atoms with van der Waals surface area (Å²) in [7, 11) is 0. The number of aromatic nitrogens is 4. The van der Waals surface area contributed by atoms with Gasteiger partial charge in [-0.3, -0.25) is 0 Å². The van der Waals surface area contributed by atoms with Gasteiger partial charge >= 0.3 is 0 Å². The standard InChI is InChI=1S/C63H38N4O/c1-2-15-41(16-3-1)48-26-14-29-56-60(48)54-35-42-19-4-5-20-43(42)37-57(54)67(56)55-34-32-45(36-53(55)44-31-33-50-49-25-10-11-30-58(49)68-59(50)38-44)61-64-62(51-27-12-21-39-17-6-8-23-46(39)51)66-63(65-61)52-28-13-22-40-18-7-9-24-47(40)52/h1-38H. The van der Waals surface area contributed by atoms with Gasteiger partial charge in [0.25, 0.3) is 0 Å². The van der Waals surface area contributed by atoms with E-state index in [-0.39, 0.29) is 0 Å². The molecule has 316 valence electrons. The monoisotopic (exact) mass is 866 g/mol. The Morgan fingerprint density at radius 2 is 0.853 bits per heavy atom. The first-order chi connectivity index (χ1) is 33.7. The number of furan rings is 1. The predicted octanol–water partition coefficient (Wildman–Crippen LogP) is 16.7. The molecule has 68 heavy (non-hydrogen) atoms. The summed E-state index contributed by atoms with van der Waals surface area (Å²) in [4.78, 5) is 16.0. The summed E-state index contributed by atoms with van der Waals surface area (Å²) >= 11 is 0. The summed E-state index contributed by atoms with van der Waals surface area (Å²) in [6, 6.07) is 81.8. The molecule has 0 saturated carbocycles. The number of hydrogen-bond acceptors (Lipinski definition) is 4. The smallest absolute Gasteiger partial charge is 0.164 e. The van der Waals surface area contributed by atoms with Crippen LogP contribution in [0, 0.1) is 0 Å². The topological polar surface area (TPSA) is 56.7 Å². The van der Waals surface area contributed by atoms with E-state index in [1.54, 1.807) is 0 Å². The van der Waals surface area contributed by atoms with Crippen LogP contribution in [0.2, 0.25) is 0 Å². The van der Waals surface area contributed by atoms with Gasteiger partial charge in [0, 0.05) is 43.8 Å². The summed E-state index contributed by atoms with van der Waals surface area (Å²) in [6.45, 7) is 0. The lowest BCUT2D eigenvalue weighted by molar-refractivity contribution is 0.669. The fourth-order valence-corrected chi connectivity index (χ4v) is 10.5. The molecule has 0 N–H and O–H groups in total. The van der Waals surface area contributed by atoms with Crippen molar-refractivity contribution in [3.63, 3.8) is 0 Å². The molecule has 0 aliphatic carbocycles. The molecule has 0 radical (unpaired) electrons. The molecule has 0 spiro atoms. The molecular weight excluding hydrogens is 829 g/mol. The Labute approximate surface area is 390 Å². The van der Waals surface area contributed by atoms with Crippen molar-refractivity contribution in [2.75, 3.05) is 0 Å². The second kappa shape index (κ2) is 15.2. The SMILES string of the molecule is c1ccc(-c2cccc3c2c2cc4ccccc4cc2n3-c2ccc(-c3nc(-c4cccc5ccccc45)nc(-c4cccc5ccccc45)n3)cc2-c2ccc3c(c2)oc2ccccc23)cc1. The molecule has 5 heteroatoms. The van der Waals surface area contributed by atoms with Gasteiger partial charge in [-0.05, 0) is 104 Å². The van der Waals surface area contributed by atoms with E-state index in [2.05, 4.69) is 223 Å². The Kier molecular flexibility index (Phi) is 8.52. The Morgan fingerprint density at radius 1 is 0.294 bits per heavy atom. The summed E-state index contributed by atoms with van der Waals surface area (Å²) in [6.07, 6.45) is 0. The van der Waals surface area contributed by atoms with E-state index in [0.717, 1.165) is 88.0 Å². The van der Waals surface area contributed by atoms with Gasteiger partial charge in [-0.15, -0.1) is 0 Å². The van der Waals surface area contributed by atoms with E-state index in [1.807, 2.05) is 12.1 Å². The molecule has 14 rings (SSSR count). The fourth-order valence-electron chi connectivity index (χ4n) is 10.5.